The molecule has 0 aromatic rings. The van der Waals surface area contributed by atoms with E-state index in [0.29, 0.717) is 13.1 Å². The zero-order valence-corrected chi connectivity index (χ0v) is 9.16. The summed E-state index contributed by atoms with van der Waals surface area (Å²) < 4.78 is 0. The Morgan fingerprint density at radius 2 is 2.20 bits per heavy atom. The van der Waals surface area contributed by atoms with Gasteiger partial charge in [-0.3, -0.25) is 9.59 Å². The highest BCUT2D eigenvalue weighted by Gasteiger charge is 2.11. The third kappa shape index (κ3) is 5.85. The minimum Gasteiger partial charge on any atom is -0.346 e. The van der Waals surface area contributed by atoms with E-state index < -0.39 is 0 Å². The Bertz CT molecular complexity index is 229. The van der Waals surface area contributed by atoms with Crippen LogP contribution in [0.4, 0.5) is 0 Å². The number of carbonyl (C=O) groups excluding carboxylic acids is 2. The molecule has 0 aliphatic carbocycles. The van der Waals surface area contributed by atoms with Crippen molar-refractivity contribution in [2.45, 2.75) is 13.3 Å². The van der Waals surface area contributed by atoms with Crippen LogP contribution in [0.15, 0.2) is 12.7 Å². The average Bonchev–Trinajstić information content (AvgIpc) is 2.25. The Hall–Kier alpha value is -1.36. The van der Waals surface area contributed by atoms with Crippen molar-refractivity contribution in [3.05, 3.63) is 12.7 Å². The van der Waals surface area contributed by atoms with Gasteiger partial charge in [0, 0.05) is 13.1 Å². The van der Waals surface area contributed by atoms with E-state index >= 15 is 0 Å². The number of carbonyl (C=O) groups is 2. The quantitative estimate of drug-likeness (QED) is 0.559. The molecule has 0 saturated carbocycles. The topological polar surface area (TPSA) is 75.4 Å². The lowest BCUT2D eigenvalue weighted by Gasteiger charge is -2.20. The summed E-state index contributed by atoms with van der Waals surface area (Å²) >= 11 is 0. The van der Waals surface area contributed by atoms with E-state index in [1.807, 2.05) is 6.92 Å². The Kier molecular flexibility index (Phi) is 7.27. The number of nitrogens with one attached hydrogen (secondary N) is 1. The summed E-state index contributed by atoms with van der Waals surface area (Å²) in [7, 11) is 0. The molecule has 5 heteroatoms. The average molecular weight is 213 g/mol. The fourth-order valence-corrected chi connectivity index (χ4v) is 1.10. The van der Waals surface area contributed by atoms with Crippen LogP contribution < -0.4 is 11.1 Å². The highest BCUT2D eigenvalue weighted by molar-refractivity contribution is 5.85. The van der Waals surface area contributed by atoms with Gasteiger partial charge in [0.25, 0.3) is 0 Å². The van der Waals surface area contributed by atoms with Gasteiger partial charge in [0.2, 0.25) is 11.8 Å². The standard InChI is InChI=1S/C10H19N3O2/c1-3-5-13(6-4-2)10(15)8-12-9(14)7-11/h3H,1,4-8,11H2,2H3,(H,12,14). The molecule has 5 nitrogen and oxygen atoms in total. The van der Waals surface area contributed by atoms with Crippen molar-refractivity contribution in [1.29, 1.82) is 0 Å². The number of hydrogen-bond acceptors (Lipinski definition) is 3. The van der Waals surface area contributed by atoms with Crippen molar-refractivity contribution in [1.82, 2.24) is 10.2 Å². The van der Waals surface area contributed by atoms with Crippen LogP contribution in [0.5, 0.6) is 0 Å². The molecule has 15 heavy (non-hydrogen) atoms. The molecule has 0 bridgehead atoms. The first kappa shape index (κ1) is 13.6. The van der Waals surface area contributed by atoms with E-state index in [-0.39, 0.29) is 24.9 Å². The molecule has 0 spiro atoms. The largest absolute Gasteiger partial charge is 0.346 e. The van der Waals surface area contributed by atoms with E-state index in [4.69, 9.17) is 5.73 Å². The van der Waals surface area contributed by atoms with Crippen molar-refractivity contribution < 1.29 is 9.59 Å². The molecule has 86 valence electrons. The number of nitrogens with zero attached hydrogens (tertiary/aromatic N) is 1. The molecule has 0 aliphatic rings. The maximum atomic E-state index is 11.6. The van der Waals surface area contributed by atoms with Gasteiger partial charge < -0.3 is 16.0 Å². The second-order valence-corrected chi connectivity index (χ2v) is 3.11. The third-order valence-electron chi connectivity index (χ3n) is 1.82. The monoisotopic (exact) mass is 213 g/mol. The number of nitrogens with two attached hydrogens (primary N) is 1. The smallest absolute Gasteiger partial charge is 0.242 e. The molecule has 0 heterocycles. The lowest BCUT2D eigenvalue weighted by Crippen LogP contribution is -2.42. The molecule has 0 saturated heterocycles. The molecule has 0 fully saturated rings. The van der Waals surface area contributed by atoms with Crippen LogP contribution >= 0.6 is 0 Å². The molecule has 0 radical (unpaired) electrons. The van der Waals surface area contributed by atoms with Gasteiger partial charge in [-0.15, -0.1) is 6.58 Å². The first-order valence-corrected chi connectivity index (χ1v) is 5.01. The van der Waals surface area contributed by atoms with Crippen LogP contribution in [0.3, 0.4) is 0 Å². The van der Waals surface area contributed by atoms with Crippen molar-refractivity contribution >= 4 is 11.8 Å². The summed E-state index contributed by atoms with van der Waals surface area (Å²) in [6.07, 6.45) is 2.54. The molecule has 0 atom stereocenters. The fraction of sp³-hybridized carbons (Fsp3) is 0.600. The highest BCUT2D eigenvalue weighted by Crippen LogP contribution is 1.92. The Morgan fingerprint density at radius 3 is 2.67 bits per heavy atom. The predicted molar refractivity (Wildman–Crippen MR) is 59.1 cm³/mol. The minimum absolute atomic E-state index is 0.00384. The summed E-state index contributed by atoms with van der Waals surface area (Å²) in [6.45, 7) is 6.65. The SMILES string of the molecule is C=CCN(CCC)C(=O)CNC(=O)CN. The van der Waals surface area contributed by atoms with Crippen LogP contribution in [0.2, 0.25) is 0 Å². The third-order valence-corrected chi connectivity index (χ3v) is 1.82. The molecule has 0 aromatic carbocycles. The maximum absolute atomic E-state index is 11.6. The van der Waals surface area contributed by atoms with E-state index in [1.54, 1.807) is 11.0 Å². The van der Waals surface area contributed by atoms with Crippen molar-refractivity contribution in [2.75, 3.05) is 26.2 Å². The molecule has 3 N–H and O–H groups in total. The van der Waals surface area contributed by atoms with Gasteiger partial charge >= 0.3 is 0 Å². The normalized spacial score (nSPS) is 9.47. The van der Waals surface area contributed by atoms with Crippen LogP contribution in [0.25, 0.3) is 0 Å². The van der Waals surface area contributed by atoms with Gasteiger partial charge in [-0.1, -0.05) is 13.0 Å². The number of rotatable bonds is 7. The summed E-state index contributed by atoms with van der Waals surface area (Å²) in [5.74, 6) is -0.433. The first-order valence-electron chi connectivity index (χ1n) is 5.01. The Labute approximate surface area is 90.3 Å². The van der Waals surface area contributed by atoms with E-state index in [9.17, 15) is 9.59 Å². The Morgan fingerprint density at radius 1 is 1.53 bits per heavy atom. The summed E-state index contributed by atoms with van der Waals surface area (Å²) in [5, 5.41) is 2.44. The molecular formula is C10H19N3O2. The Balaban J connectivity index is 4.01. The van der Waals surface area contributed by atoms with Crippen molar-refractivity contribution in [3.63, 3.8) is 0 Å². The van der Waals surface area contributed by atoms with E-state index in [1.165, 1.54) is 0 Å². The van der Waals surface area contributed by atoms with Gasteiger partial charge in [0.1, 0.15) is 0 Å². The van der Waals surface area contributed by atoms with Gasteiger partial charge in [-0.25, -0.2) is 0 Å². The number of amides is 2. The van der Waals surface area contributed by atoms with E-state index in [0.717, 1.165) is 6.42 Å². The highest BCUT2D eigenvalue weighted by atomic mass is 16.2. The zero-order chi connectivity index (χ0) is 11.7. The summed E-state index contributed by atoms with van der Waals surface area (Å²) in [4.78, 5) is 24.0. The van der Waals surface area contributed by atoms with Gasteiger partial charge in [-0.2, -0.15) is 0 Å². The zero-order valence-electron chi connectivity index (χ0n) is 9.16. The fourth-order valence-electron chi connectivity index (χ4n) is 1.10. The molecule has 2 amide bonds. The second kappa shape index (κ2) is 7.99. The number of hydrogen-bond donors (Lipinski definition) is 2. The molecule has 0 aromatic heterocycles. The predicted octanol–water partition coefficient (Wildman–Crippen LogP) is -0.514. The van der Waals surface area contributed by atoms with Crippen LogP contribution in [-0.2, 0) is 9.59 Å². The molecule has 0 aliphatic heterocycles. The summed E-state index contributed by atoms with van der Waals surface area (Å²) in [6, 6.07) is 0. The van der Waals surface area contributed by atoms with Crippen molar-refractivity contribution in [2.24, 2.45) is 5.73 Å². The van der Waals surface area contributed by atoms with Crippen LogP contribution in [0, 0.1) is 0 Å². The molecular weight excluding hydrogens is 194 g/mol. The first-order chi connectivity index (χ1) is 7.15. The minimum atomic E-state index is -0.321. The summed E-state index contributed by atoms with van der Waals surface area (Å²) in [5.41, 5.74) is 5.10. The van der Waals surface area contributed by atoms with Crippen LogP contribution in [-0.4, -0.2) is 42.9 Å². The van der Waals surface area contributed by atoms with Gasteiger partial charge in [0.15, 0.2) is 0 Å². The second-order valence-electron chi connectivity index (χ2n) is 3.11. The lowest BCUT2D eigenvalue weighted by molar-refractivity contribution is -0.132. The van der Waals surface area contributed by atoms with Gasteiger partial charge in [-0.05, 0) is 6.42 Å². The maximum Gasteiger partial charge on any atom is 0.242 e. The van der Waals surface area contributed by atoms with Crippen molar-refractivity contribution in [3.8, 4) is 0 Å². The lowest BCUT2D eigenvalue weighted by atomic mass is 10.3. The van der Waals surface area contributed by atoms with Crippen LogP contribution in [0.1, 0.15) is 13.3 Å². The molecule has 0 unspecified atom stereocenters. The van der Waals surface area contributed by atoms with E-state index in [2.05, 4.69) is 11.9 Å². The van der Waals surface area contributed by atoms with Gasteiger partial charge in [0.05, 0.1) is 13.1 Å². The molecule has 0 rings (SSSR count).